The molecular formula is C7H13ClF3N. The van der Waals surface area contributed by atoms with Crippen LogP contribution in [0.5, 0.6) is 0 Å². The minimum atomic E-state index is -4.03. The van der Waals surface area contributed by atoms with E-state index in [4.69, 9.17) is 11.6 Å². The molecule has 0 aliphatic heterocycles. The van der Waals surface area contributed by atoms with Crippen molar-refractivity contribution >= 4 is 11.6 Å². The summed E-state index contributed by atoms with van der Waals surface area (Å²) in [6.07, 6.45) is -4.64. The van der Waals surface area contributed by atoms with Crippen LogP contribution in [-0.4, -0.2) is 24.6 Å². The largest absolute Gasteiger partial charge is 0.389 e. The van der Waals surface area contributed by atoms with Gasteiger partial charge < -0.3 is 5.32 Å². The second kappa shape index (κ2) is 5.65. The van der Waals surface area contributed by atoms with Gasteiger partial charge in [-0.3, -0.25) is 0 Å². The molecule has 12 heavy (non-hydrogen) atoms. The summed E-state index contributed by atoms with van der Waals surface area (Å²) < 4.78 is 34.8. The predicted octanol–water partition coefficient (Wildman–Crippen LogP) is 2.55. The van der Waals surface area contributed by atoms with Gasteiger partial charge in [0.05, 0.1) is 0 Å². The third-order valence-electron chi connectivity index (χ3n) is 1.24. The normalized spacial score (nSPS) is 14.8. The molecule has 0 aromatic rings. The maximum absolute atomic E-state index is 11.6. The van der Waals surface area contributed by atoms with Crippen LogP contribution >= 0.6 is 11.6 Å². The molecule has 0 amide bonds. The first-order valence-corrected chi connectivity index (χ1v) is 4.27. The maximum Gasteiger partial charge on any atom is 0.389 e. The van der Waals surface area contributed by atoms with Gasteiger partial charge in [0.15, 0.2) is 0 Å². The Morgan fingerprint density at radius 1 is 1.42 bits per heavy atom. The van der Waals surface area contributed by atoms with Crippen molar-refractivity contribution in [3.63, 3.8) is 0 Å². The fraction of sp³-hybridized carbons (Fsp3) is 1.00. The number of hydrogen-bond acceptors (Lipinski definition) is 1. The minimum absolute atomic E-state index is 0.0316. The second-order valence-corrected chi connectivity index (χ2v) is 3.45. The number of rotatable bonds is 5. The van der Waals surface area contributed by atoms with Crippen LogP contribution in [0.15, 0.2) is 0 Å². The highest BCUT2D eigenvalue weighted by atomic mass is 35.5. The molecule has 5 heteroatoms. The quantitative estimate of drug-likeness (QED) is 0.535. The van der Waals surface area contributed by atoms with Gasteiger partial charge in [-0.2, -0.15) is 13.2 Å². The Hall–Kier alpha value is 0.0400. The second-order valence-electron chi connectivity index (χ2n) is 2.70. The van der Waals surface area contributed by atoms with Gasteiger partial charge in [0, 0.05) is 18.3 Å². The molecule has 1 N–H and O–H groups in total. The van der Waals surface area contributed by atoms with Crippen LogP contribution in [0.25, 0.3) is 0 Å². The summed E-state index contributed by atoms with van der Waals surface area (Å²) in [5.74, 6) is 0. The minimum Gasteiger partial charge on any atom is -0.315 e. The number of halogens is 4. The van der Waals surface area contributed by atoms with Crippen LogP contribution in [0.1, 0.15) is 19.8 Å². The lowest BCUT2D eigenvalue weighted by atomic mass is 10.3. The average molecular weight is 204 g/mol. The van der Waals surface area contributed by atoms with Gasteiger partial charge in [0.25, 0.3) is 0 Å². The molecule has 0 saturated heterocycles. The predicted molar refractivity (Wildman–Crippen MR) is 43.5 cm³/mol. The van der Waals surface area contributed by atoms with E-state index in [0.29, 0.717) is 13.1 Å². The Balaban J connectivity index is 3.12. The van der Waals surface area contributed by atoms with Crippen LogP contribution in [0, 0.1) is 0 Å². The van der Waals surface area contributed by atoms with E-state index in [1.807, 2.05) is 0 Å². The van der Waals surface area contributed by atoms with Crippen molar-refractivity contribution in [3.8, 4) is 0 Å². The van der Waals surface area contributed by atoms with Gasteiger partial charge >= 0.3 is 6.18 Å². The van der Waals surface area contributed by atoms with E-state index in [-0.39, 0.29) is 11.8 Å². The number of hydrogen-bond donors (Lipinski definition) is 1. The molecule has 1 atom stereocenters. The molecule has 1 unspecified atom stereocenters. The van der Waals surface area contributed by atoms with Gasteiger partial charge in [-0.1, -0.05) is 0 Å². The summed E-state index contributed by atoms with van der Waals surface area (Å²) in [7, 11) is 0. The van der Waals surface area contributed by atoms with E-state index >= 15 is 0 Å². The molecule has 0 radical (unpaired) electrons. The van der Waals surface area contributed by atoms with E-state index in [0.717, 1.165) is 0 Å². The maximum atomic E-state index is 11.6. The van der Waals surface area contributed by atoms with Crippen molar-refractivity contribution in [2.24, 2.45) is 0 Å². The Bertz CT molecular complexity index is 114. The zero-order chi connectivity index (χ0) is 9.61. The lowest BCUT2D eigenvalue weighted by Crippen LogP contribution is -2.23. The van der Waals surface area contributed by atoms with E-state index in [9.17, 15) is 13.2 Å². The van der Waals surface area contributed by atoms with Crippen molar-refractivity contribution in [2.75, 3.05) is 13.1 Å². The van der Waals surface area contributed by atoms with Crippen molar-refractivity contribution in [2.45, 2.75) is 31.3 Å². The lowest BCUT2D eigenvalue weighted by molar-refractivity contribution is -0.135. The summed E-state index contributed by atoms with van der Waals surface area (Å²) in [5, 5.41) is 2.79. The first kappa shape index (κ1) is 12.0. The monoisotopic (exact) mass is 203 g/mol. The van der Waals surface area contributed by atoms with Gasteiger partial charge in [-0.15, -0.1) is 11.6 Å². The Labute approximate surface area is 75.3 Å². The molecule has 0 aliphatic carbocycles. The van der Waals surface area contributed by atoms with Crippen LogP contribution < -0.4 is 5.32 Å². The SMILES string of the molecule is CC(Cl)CNCCCC(F)(F)F. The zero-order valence-corrected chi connectivity index (χ0v) is 7.67. The molecule has 0 heterocycles. The van der Waals surface area contributed by atoms with Crippen molar-refractivity contribution in [1.29, 1.82) is 0 Å². The Morgan fingerprint density at radius 3 is 2.42 bits per heavy atom. The topological polar surface area (TPSA) is 12.0 Å². The molecule has 0 spiro atoms. The smallest absolute Gasteiger partial charge is 0.315 e. The Kier molecular flexibility index (Phi) is 5.66. The molecule has 74 valence electrons. The summed E-state index contributed by atoms with van der Waals surface area (Å²) >= 11 is 5.56. The van der Waals surface area contributed by atoms with E-state index in [2.05, 4.69) is 5.32 Å². The van der Waals surface area contributed by atoms with Crippen LogP contribution in [0.2, 0.25) is 0 Å². The molecule has 0 aromatic carbocycles. The van der Waals surface area contributed by atoms with Crippen LogP contribution in [0.4, 0.5) is 13.2 Å². The van der Waals surface area contributed by atoms with Crippen molar-refractivity contribution < 1.29 is 13.2 Å². The zero-order valence-electron chi connectivity index (χ0n) is 6.92. The molecule has 0 aromatic heterocycles. The van der Waals surface area contributed by atoms with Crippen LogP contribution in [0.3, 0.4) is 0 Å². The average Bonchev–Trinajstić information content (AvgIpc) is 1.83. The molecule has 0 bridgehead atoms. The lowest BCUT2D eigenvalue weighted by Gasteiger charge is -2.07. The highest BCUT2D eigenvalue weighted by molar-refractivity contribution is 6.20. The summed E-state index contributed by atoms with van der Waals surface area (Å²) in [4.78, 5) is 0. The van der Waals surface area contributed by atoms with Gasteiger partial charge in [0.1, 0.15) is 0 Å². The fourth-order valence-electron chi connectivity index (χ4n) is 0.715. The van der Waals surface area contributed by atoms with Gasteiger partial charge in [-0.25, -0.2) is 0 Å². The van der Waals surface area contributed by atoms with Crippen molar-refractivity contribution in [3.05, 3.63) is 0 Å². The van der Waals surface area contributed by atoms with Gasteiger partial charge in [-0.05, 0) is 19.9 Å². The molecule has 1 nitrogen and oxygen atoms in total. The van der Waals surface area contributed by atoms with Crippen LogP contribution in [-0.2, 0) is 0 Å². The third kappa shape index (κ3) is 10.0. The highest BCUT2D eigenvalue weighted by Crippen LogP contribution is 2.20. The molecule has 0 saturated carbocycles. The van der Waals surface area contributed by atoms with E-state index in [1.165, 1.54) is 0 Å². The summed E-state index contributed by atoms with van der Waals surface area (Å²) in [6.45, 7) is 2.72. The number of nitrogens with one attached hydrogen (secondary N) is 1. The van der Waals surface area contributed by atoms with Crippen molar-refractivity contribution in [1.82, 2.24) is 5.32 Å². The standard InChI is InChI=1S/C7H13ClF3N/c1-6(8)5-12-4-2-3-7(9,10)11/h6,12H,2-5H2,1H3. The molecule has 0 fully saturated rings. The van der Waals surface area contributed by atoms with Gasteiger partial charge in [0.2, 0.25) is 0 Å². The Morgan fingerprint density at radius 2 is 2.00 bits per heavy atom. The first-order chi connectivity index (χ1) is 5.42. The molecule has 0 aliphatic rings. The molecule has 0 rings (SSSR count). The fourth-order valence-corrected chi connectivity index (χ4v) is 0.824. The third-order valence-corrected chi connectivity index (χ3v) is 1.39. The van der Waals surface area contributed by atoms with E-state index in [1.54, 1.807) is 6.92 Å². The van der Waals surface area contributed by atoms with E-state index < -0.39 is 12.6 Å². The summed E-state index contributed by atoms with van der Waals surface area (Å²) in [6, 6.07) is 0. The number of alkyl halides is 4. The first-order valence-electron chi connectivity index (χ1n) is 3.83. The highest BCUT2D eigenvalue weighted by Gasteiger charge is 2.25. The summed E-state index contributed by atoms with van der Waals surface area (Å²) in [5.41, 5.74) is 0. The molecular weight excluding hydrogens is 191 g/mol.